The predicted molar refractivity (Wildman–Crippen MR) is 140 cm³/mol. The highest BCUT2D eigenvalue weighted by atomic mass is 32.1. The van der Waals surface area contributed by atoms with Crippen LogP contribution in [0.15, 0.2) is 47.8 Å². The molecule has 3 amide bonds. The number of nitrogens with one attached hydrogen (secondary N) is 1. The molecule has 9 nitrogen and oxygen atoms in total. The maximum atomic E-state index is 13.7. The highest BCUT2D eigenvalue weighted by Crippen LogP contribution is 2.16. The lowest BCUT2D eigenvalue weighted by Crippen LogP contribution is -2.56. The second-order valence-electron chi connectivity index (χ2n) is 8.57. The normalized spacial score (nSPS) is 13.5. The van der Waals surface area contributed by atoms with E-state index in [1.54, 1.807) is 14.1 Å². The van der Waals surface area contributed by atoms with Crippen LogP contribution in [0.3, 0.4) is 0 Å². The molecule has 0 spiro atoms. The summed E-state index contributed by atoms with van der Waals surface area (Å²) in [6.07, 6.45) is 1.10. The van der Waals surface area contributed by atoms with Crippen LogP contribution in [0.5, 0.6) is 0 Å². The number of nitrogens with zero attached hydrogens (tertiary/aromatic N) is 2. The van der Waals surface area contributed by atoms with E-state index in [0.29, 0.717) is 6.42 Å². The monoisotopic (exact) mass is 518 g/mol. The Hall–Kier alpha value is -2.79. The van der Waals surface area contributed by atoms with Crippen LogP contribution in [-0.4, -0.2) is 86.6 Å². The molecule has 3 atom stereocenters. The van der Waals surface area contributed by atoms with E-state index < -0.39 is 18.0 Å². The smallest absolute Gasteiger partial charge is 0.249 e. The summed E-state index contributed by atoms with van der Waals surface area (Å²) in [4.78, 5) is 43.0. The number of hydrogen-bond donors (Lipinski definition) is 2. The van der Waals surface area contributed by atoms with Crippen LogP contribution in [0.2, 0.25) is 0 Å². The lowest BCUT2D eigenvalue weighted by atomic mass is 10.1. The van der Waals surface area contributed by atoms with Gasteiger partial charge >= 0.3 is 0 Å². The van der Waals surface area contributed by atoms with Gasteiger partial charge in [-0.2, -0.15) is 0 Å². The van der Waals surface area contributed by atoms with Gasteiger partial charge in [-0.05, 0) is 23.4 Å². The number of likely N-dealkylation sites (N-methyl/N-ethyl adjacent to an activating group) is 3. The van der Waals surface area contributed by atoms with Crippen molar-refractivity contribution in [1.82, 2.24) is 15.1 Å². The summed E-state index contributed by atoms with van der Waals surface area (Å²) in [6.45, 7) is 2.24. The molecular formula is C26H38N4O5S. The molecule has 2 rings (SSSR count). The Bertz CT molecular complexity index is 941. The fourth-order valence-corrected chi connectivity index (χ4v) is 4.23. The maximum Gasteiger partial charge on any atom is 0.249 e. The highest BCUT2D eigenvalue weighted by Gasteiger charge is 2.35. The van der Waals surface area contributed by atoms with E-state index in [2.05, 4.69) is 5.32 Å². The lowest BCUT2D eigenvalue weighted by Gasteiger charge is -2.34. The molecule has 1 heterocycles. The van der Waals surface area contributed by atoms with Crippen molar-refractivity contribution in [2.45, 2.75) is 44.5 Å². The van der Waals surface area contributed by atoms with Crippen LogP contribution in [-0.2, 0) is 36.9 Å². The van der Waals surface area contributed by atoms with Gasteiger partial charge in [-0.25, -0.2) is 0 Å². The van der Waals surface area contributed by atoms with Gasteiger partial charge in [0, 0.05) is 38.5 Å². The largest absolute Gasteiger partial charge is 0.374 e. The molecule has 0 aliphatic heterocycles. The van der Waals surface area contributed by atoms with Gasteiger partial charge in [-0.3, -0.25) is 14.4 Å². The van der Waals surface area contributed by atoms with E-state index in [4.69, 9.17) is 15.2 Å². The molecule has 0 saturated heterocycles. The van der Waals surface area contributed by atoms with E-state index in [1.165, 1.54) is 28.2 Å². The number of nitrogens with two attached hydrogens (primary N) is 1. The first-order valence-corrected chi connectivity index (χ1v) is 12.9. The van der Waals surface area contributed by atoms with Gasteiger partial charge in [0.2, 0.25) is 17.7 Å². The zero-order valence-corrected chi connectivity index (χ0v) is 22.3. The third-order valence-electron chi connectivity index (χ3n) is 5.95. The molecule has 0 aliphatic carbocycles. The van der Waals surface area contributed by atoms with Crippen molar-refractivity contribution in [2.75, 3.05) is 41.0 Å². The van der Waals surface area contributed by atoms with Crippen molar-refractivity contribution in [1.29, 1.82) is 0 Å². The minimum Gasteiger partial charge on any atom is -0.374 e. The highest BCUT2D eigenvalue weighted by molar-refractivity contribution is 7.09. The summed E-state index contributed by atoms with van der Waals surface area (Å²) in [7, 11) is 4.66. The molecule has 1 aromatic carbocycles. The minimum absolute atomic E-state index is 0.0335. The standard InChI is InChI=1S/C26H38N4O5S/c1-5-20(27)16-35-18-24(31)29(3)23(17-34-15-19-10-7-6-8-11-19)26(33)30(4)22(25(32)28-2)14-21-12-9-13-36-21/h6-13,20,22-23H,5,14-18,27H2,1-4H3,(H,28,32)/t20?,22-,23-/m1/s1. The van der Waals surface area contributed by atoms with Crippen LogP contribution in [0.25, 0.3) is 0 Å². The minimum atomic E-state index is -0.940. The second kappa shape index (κ2) is 15.4. The van der Waals surface area contributed by atoms with Crippen LogP contribution in [0.1, 0.15) is 23.8 Å². The summed E-state index contributed by atoms with van der Waals surface area (Å²) in [5.74, 6) is -1.05. The predicted octanol–water partition coefficient (Wildman–Crippen LogP) is 1.66. The Kier molecular flexibility index (Phi) is 12.6. The van der Waals surface area contributed by atoms with Crippen LogP contribution >= 0.6 is 11.3 Å². The molecule has 1 unspecified atom stereocenters. The van der Waals surface area contributed by atoms with Crippen LogP contribution < -0.4 is 11.1 Å². The number of benzene rings is 1. The number of rotatable bonds is 15. The number of ether oxygens (including phenoxy) is 2. The van der Waals surface area contributed by atoms with Gasteiger partial charge < -0.3 is 30.3 Å². The first-order valence-electron chi connectivity index (χ1n) is 12.0. The van der Waals surface area contributed by atoms with Gasteiger partial charge in [0.25, 0.3) is 0 Å². The second-order valence-corrected chi connectivity index (χ2v) is 9.60. The molecule has 36 heavy (non-hydrogen) atoms. The third-order valence-corrected chi connectivity index (χ3v) is 6.85. The first kappa shape index (κ1) is 29.4. The average Bonchev–Trinajstić information content (AvgIpc) is 3.42. The molecule has 198 valence electrons. The molecule has 3 N–H and O–H groups in total. The first-order chi connectivity index (χ1) is 17.3. The van der Waals surface area contributed by atoms with E-state index in [9.17, 15) is 14.4 Å². The number of thiophene rings is 1. The van der Waals surface area contributed by atoms with Crippen molar-refractivity contribution < 1.29 is 23.9 Å². The van der Waals surface area contributed by atoms with E-state index in [-0.39, 0.29) is 44.3 Å². The fraction of sp³-hybridized carbons (Fsp3) is 0.500. The van der Waals surface area contributed by atoms with Crippen molar-refractivity contribution in [3.8, 4) is 0 Å². The van der Waals surface area contributed by atoms with Crippen molar-refractivity contribution >= 4 is 29.1 Å². The summed E-state index contributed by atoms with van der Waals surface area (Å²) < 4.78 is 11.3. The van der Waals surface area contributed by atoms with E-state index in [1.807, 2.05) is 54.8 Å². The van der Waals surface area contributed by atoms with Crippen molar-refractivity contribution in [3.63, 3.8) is 0 Å². The molecule has 0 fully saturated rings. The molecule has 2 aromatic rings. The van der Waals surface area contributed by atoms with Crippen LogP contribution in [0.4, 0.5) is 0 Å². The SMILES string of the molecule is CCC(N)COCC(=O)N(C)[C@H](COCc1ccccc1)C(=O)N(C)[C@H](Cc1cccs1)C(=O)NC. The molecule has 0 radical (unpaired) electrons. The zero-order chi connectivity index (χ0) is 26.5. The molecule has 0 saturated carbocycles. The van der Waals surface area contributed by atoms with E-state index >= 15 is 0 Å². The quantitative estimate of drug-likeness (QED) is 0.371. The summed E-state index contributed by atoms with van der Waals surface area (Å²) in [5.41, 5.74) is 6.81. The number of carbonyl (C=O) groups is 3. The van der Waals surface area contributed by atoms with Gasteiger partial charge in [0.1, 0.15) is 18.7 Å². The zero-order valence-electron chi connectivity index (χ0n) is 21.5. The molecular weight excluding hydrogens is 480 g/mol. The van der Waals surface area contributed by atoms with Crippen LogP contribution in [0, 0.1) is 0 Å². The number of carbonyl (C=O) groups excluding carboxylic acids is 3. The summed E-state index contributed by atoms with van der Waals surface area (Å²) in [6, 6.07) is 11.6. The molecule has 10 heteroatoms. The van der Waals surface area contributed by atoms with Crippen molar-refractivity contribution in [2.24, 2.45) is 5.73 Å². The van der Waals surface area contributed by atoms with Gasteiger partial charge in [0.15, 0.2) is 0 Å². The fourth-order valence-electron chi connectivity index (χ4n) is 3.48. The Morgan fingerprint density at radius 3 is 2.33 bits per heavy atom. The summed E-state index contributed by atoms with van der Waals surface area (Å²) >= 11 is 1.52. The Balaban J connectivity index is 2.16. The summed E-state index contributed by atoms with van der Waals surface area (Å²) in [5, 5.41) is 4.57. The number of hydrogen-bond acceptors (Lipinski definition) is 7. The Morgan fingerprint density at radius 2 is 1.72 bits per heavy atom. The number of amides is 3. The molecule has 0 aliphatic rings. The van der Waals surface area contributed by atoms with E-state index in [0.717, 1.165) is 16.9 Å². The lowest BCUT2D eigenvalue weighted by molar-refractivity contribution is -0.151. The molecule has 0 bridgehead atoms. The average molecular weight is 519 g/mol. The van der Waals surface area contributed by atoms with Gasteiger partial charge in [0.05, 0.1) is 19.8 Å². The Labute approximate surface area is 217 Å². The maximum absolute atomic E-state index is 13.7. The van der Waals surface area contributed by atoms with Crippen molar-refractivity contribution in [3.05, 3.63) is 58.3 Å². The Morgan fingerprint density at radius 1 is 1.00 bits per heavy atom. The van der Waals surface area contributed by atoms with Gasteiger partial charge in [-0.15, -0.1) is 11.3 Å². The molecule has 1 aromatic heterocycles. The third kappa shape index (κ3) is 9.02. The van der Waals surface area contributed by atoms with Gasteiger partial charge in [-0.1, -0.05) is 43.3 Å². The topological polar surface area (TPSA) is 114 Å².